The van der Waals surface area contributed by atoms with Crippen LogP contribution in [0.2, 0.25) is 0 Å². The van der Waals surface area contributed by atoms with Gasteiger partial charge in [0.05, 0.1) is 5.52 Å². The van der Waals surface area contributed by atoms with Crippen LogP contribution >= 0.6 is 0 Å². The monoisotopic (exact) mass is 275 g/mol. The molecule has 21 heavy (non-hydrogen) atoms. The lowest BCUT2D eigenvalue weighted by atomic mass is 10.1. The Kier molecular flexibility index (Phi) is 2.16. The summed E-state index contributed by atoms with van der Waals surface area (Å²) in [5.74, 6) is 1.90. The van der Waals surface area contributed by atoms with Crippen LogP contribution in [-0.4, -0.2) is 14.5 Å². The lowest BCUT2D eigenvalue weighted by molar-refractivity contribution is 0.425. The van der Waals surface area contributed by atoms with E-state index in [1.807, 2.05) is 12.3 Å². The molecular weight excluding hydrogens is 258 g/mol. The molecule has 0 spiro atoms. The zero-order chi connectivity index (χ0) is 13.9. The molecule has 0 aliphatic heterocycles. The summed E-state index contributed by atoms with van der Waals surface area (Å²) >= 11 is 0. The van der Waals surface area contributed by atoms with E-state index in [1.165, 1.54) is 31.1 Å². The second-order valence-electron chi connectivity index (χ2n) is 6.39. The maximum Gasteiger partial charge on any atom is 0.159 e. The molecule has 2 aliphatic carbocycles. The molecule has 5 rings (SSSR count). The minimum absolute atomic E-state index is 0.360. The highest BCUT2D eigenvalue weighted by molar-refractivity contribution is 5.80. The fourth-order valence-electron chi connectivity index (χ4n) is 3.64. The first kappa shape index (κ1) is 11.5. The van der Waals surface area contributed by atoms with Crippen molar-refractivity contribution in [3.63, 3.8) is 0 Å². The Morgan fingerprint density at radius 2 is 1.90 bits per heavy atom. The second-order valence-corrected chi connectivity index (χ2v) is 6.39. The average molecular weight is 275 g/mol. The molecule has 0 amide bonds. The molecule has 2 aliphatic rings. The molecule has 2 saturated carbocycles. The highest BCUT2D eigenvalue weighted by atomic mass is 15.2. The maximum atomic E-state index is 4.82. The summed E-state index contributed by atoms with van der Waals surface area (Å²) in [6.45, 7) is 0. The minimum atomic E-state index is 0.360. The number of hydrogen-bond donors (Lipinski definition) is 0. The fraction of sp³-hybridized carbons (Fsp3) is 0.333. The number of aromatic nitrogens is 3. The van der Waals surface area contributed by atoms with E-state index in [-0.39, 0.29) is 0 Å². The van der Waals surface area contributed by atoms with Crippen molar-refractivity contribution in [2.24, 2.45) is 5.92 Å². The van der Waals surface area contributed by atoms with Gasteiger partial charge in [-0.05, 0) is 43.7 Å². The Balaban J connectivity index is 1.65. The number of nitrogens with zero attached hydrogens (tertiary/aromatic N) is 3. The van der Waals surface area contributed by atoms with Gasteiger partial charge >= 0.3 is 0 Å². The number of rotatable bonds is 3. The maximum absolute atomic E-state index is 4.82. The molecular formula is C18H17N3. The van der Waals surface area contributed by atoms with Gasteiger partial charge in [0.25, 0.3) is 0 Å². The minimum Gasteiger partial charge on any atom is -0.323 e. The van der Waals surface area contributed by atoms with Gasteiger partial charge in [0.2, 0.25) is 0 Å². The van der Waals surface area contributed by atoms with E-state index in [9.17, 15) is 0 Å². The van der Waals surface area contributed by atoms with E-state index in [4.69, 9.17) is 4.98 Å². The van der Waals surface area contributed by atoms with Crippen LogP contribution in [0, 0.1) is 5.92 Å². The van der Waals surface area contributed by atoms with Crippen LogP contribution in [0.5, 0.6) is 0 Å². The summed E-state index contributed by atoms with van der Waals surface area (Å²) in [7, 11) is 0. The number of hydrogen-bond acceptors (Lipinski definition) is 2. The topological polar surface area (TPSA) is 30.7 Å². The van der Waals surface area contributed by atoms with E-state index >= 15 is 0 Å². The SMILES string of the molecule is c1ccc2nc(-c3nccn3C3(C4CC4)CC3)ccc2c1. The molecule has 0 N–H and O–H groups in total. The van der Waals surface area contributed by atoms with Crippen LogP contribution in [0.1, 0.15) is 25.7 Å². The Hall–Kier alpha value is -2.16. The number of fused-ring (bicyclic) bond motifs is 1. The fourth-order valence-corrected chi connectivity index (χ4v) is 3.64. The normalized spacial score (nSPS) is 19.8. The molecule has 3 nitrogen and oxygen atoms in total. The van der Waals surface area contributed by atoms with Crippen LogP contribution in [0.25, 0.3) is 22.4 Å². The highest BCUT2D eigenvalue weighted by Gasteiger charge is 2.56. The van der Waals surface area contributed by atoms with Crippen molar-refractivity contribution in [2.45, 2.75) is 31.2 Å². The van der Waals surface area contributed by atoms with Gasteiger partial charge in [-0.25, -0.2) is 9.97 Å². The predicted molar refractivity (Wildman–Crippen MR) is 82.9 cm³/mol. The third-order valence-electron chi connectivity index (χ3n) is 5.05. The van der Waals surface area contributed by atoms with Crippen LogP contribution in [-0.2, 0) is 5.54 Å². The summed E-state index contributed by atoms with van der Waals surface area (Å²) in [5, 5.41) is 1.18. The lowest BCUT2D eigenvalue weighted by Crippen LogP contribution is -2.19. The highest BCUT2D eigenvalue weighted by Crippen LogP contribution is 2.60. The summed E-state index contributed by atoms with van der Waals surface area (Å²) in [4.78, 5) is 9.43. The van der Waals surface area contributed by atoms with E-state index in [0.717, 1.165) is 23.0 Å². The Morgan fingerprint density at radius 1 is 1.05 bits per heavy atom. The third-order valence-corrected chi connectivity index (χ3v) is 5.05. The van der Waals surface area contributed by atoms with Crippen molar-refractivity contribution in [2.75, 3.05) is 0 Å². The van der Waals surface area contributed by atoms with Crippen molar-refractivity contribution in [1.29, 1.82) is 0 Å². The molecule has 2 aromatic heterocycles. The Labute approximate surface area is 123 Å². The van der Waals surface area contributed by atoms with Gasteiger partial charge in [-0.15, -0.1) is 0 Å². The number of benzene rings is 1. The molecule has 1 aromatic carbocycles. The summed E-state index contributed by atoms with van der Waals surface area (Å²) in [6.07, 6.45) is 9.43. The van der Waals surface area contributed by atoms with Crippen molar-refractivity contribution in [1.82, 2.24) is 14.5 Å². The largest absolute Gasteiger partial charge is 0.323 e. The summed E-state index contributed by atoms with van der Waals surface area (Å²) in [5.41, 5.74) is 2.39. The van der Waals surface area contributed by atoms with Crippen molar-refractivity contribution in [3.8, 4) is 11.5 Å². The summed E-state index contributed by atoms with van der Waals surface area (Å²) in [6, 6.07) is 12.5. The Bertz CT molecular complexity index is 825. The zero-order valence-corrected chi connectivity index (χ0v) is 11.9. The van der Waals surface area contributed by atoms with E-state index in [1.54, 1.807) is 0 Å². The van der Waals surface area contributed by atoms with Gasteiger partial charge in [0.1, 0.15) is 5.69 Å². The van der Waals surface area contributed by atoms with Crippen LogP contribution in [0.4, 0.5) is 0 Å². The molecule has 0 unspecified atom stereocenters. The van der Waals surface area contributed by atoms with Crippen molar-refractivity contribution < 1.29 is 0 Å². The smallest absolute Gasteiger partial charge is 0.159 e. The van der Waals surface area contributed by atoms with E-state index in [0.29, 0.717) is 5.54 Å². The average Bonchev–Trinajstić information content (AvgIpc) is 3.44. The number of para-hydroxylation sites is 1. The molecule has 3 aromatic rings. The molecule has 0 bridgehead atoms. The van der Waals surface area contributed by atoms with Crippen LogP contribution in [0.15, 0.2) is 48.8 Å². The van der Waals surface area contributed by atoms with Crippen LogP contribution in [0.3, 0.4) is 0 Å². The van der Waals surface area contributed by atoms with E-state index in [2.05, 4.69) is 46.1 Å². The van der Waals surface area contributed by atoms with Crippen molar-refractivity contribution in [3.05, 3.63) is 48.8 Å². The first-order valence-electron chi connectivity index (χ1n) is 7.77. The molecule has 0 radical (unpaired) electrons. The summed E-state index contributed by atoms with van der Waals surface area (Å²) < 4.78 is 2.40. The van der Waals surface area contributed by atoms with E-state index < -0.39 is 0 Å². The first-order valence-corrected chi connectivity index (χ1v) is 7.77. The van der Waals surface area contributed by atoms with Crippen molar-refractivity contribution >= 4 is 10.9 Å². The molecule has 104 valence electrons. The standard InChI is InChI=1S/C18H17N3/c1-2-4-15-13(3-1)5-8-16(20-15)17-19-11-12-21(17)18(9-10-18)14-6-7-14/h1-5,8,11-12,14H,6-7,9-10H2. The molecule has 0 atom stereocenters. The van der Waals surface area contributed by atoms with Gasteiger partial charge in [-0.3, -0.25) is 0 Å². The van der Waals surface area contributed by atoms with Gasteiger partial charge in [-0.1, -0.05) is 24.3 Å². The number of imidazole rings is 1. The van der Waals surface area contributed by atoms with Gasteiger partial charge in [-0.2, -0.15) is 0 Å². The Morgan fingerprint density at radius 3 is 2.71 bits per heavy atom. The van der Waals surface area contributed by atoms with Gasteiger partial charge < -0.3 is 4.57 Å². The zero-order valence-electron chi connectivity index (χ0n) is 11.9. The predicted octanol–water partition coefficient (Wildman–Crippen LogP) is 4.00. The van der Waals surface area contributed by atoms with Gasteiger partial charge in [0, 0.05) is 23.3 Å². The number of pyridine rings is 1. The first-order chi connectivity index (χ1) is 10.4. The lowest BCUT2D eigenvalue weighted by Gasteiger charge is -2.19. The molecule has 2 heterocycles. The second kappa shape index (κ2) is 3.94. The molecule has 2 fully saturated rings. The quantitative estimate of drug-likeness (QED) is 0.723. The molecule has 0 saturated heterocycles. The third kappa shape index (κ3) is 1.67. The molecule has 3 heteroatoms. The van der Waals surface area contributed by atoms with Gasteiger partial charge in [0.15, 0.2) is 5.82 Å². The van der Waals surface area contributed by atoms with Crippen LogP contribution < -0.4 is 0 Å².